The van der Waals surface area contributed by atoms with Gasteiger partial charge in [-0.2, -0.15) is 0 Å². The average Bonchev–Trinajstić information content (AvgIpc) is 3.32. The van der Waals surface area contributed by atoms with Crippen LogP contribution in [0.2, 0.25) is 0 Å². The van der Waals surface area contributed by atoms with Crippen LogP contribution in [0.1, 0.15) is 37.8 Å². The maximum Gasteiger partial charge on any atom is 0.320 e. The zero-order chi connectivity index (χ0) is 23.3. The number of aromatic nitrogens is 1. The Morgan fingerprint density at radius 3 is 2.56 bits per heavy atom. The van der Waals surface area contributed by atoms with E-state index < -0.39 is 0 Å². The molecule has 34 heavy (non-hydrogen) atoms. The van der Waals surface area contributed by atoms with Gasteiger partial charge in [-0.3, -0.25) is 5.32 Å². The third-order valence-electron chi connectivity index (χ3n) is 6.24. The Kier molecular flexibility index (Phi) is 6.56. The van der Waals surface area contributed by atoms with Crippen LogP contribution in [0.25, 0.3) is 0 Å². The van der Waals surface area contributed by atoms with Crippen molar-refractivity contribution in [3.63, 3.8) is 0 Å². The highest BCUT2D eigenvalue weighted by atomic mass is 16.5. The predicted molar refractivity (Wildman–Crippen MR) is 129 cm³/mol. The van der Waals surface area contributed by atoms with Crippen LogP contribution in [0, 0.1) is 5.92 Å². The fourth-order valence-corrected chi connectivity index (χ4v) is 4.05. The lowest BCUT2D eigenvalue weighted by Gasteiger charge is -2.20. The number of anilines is 2. The highest BCUT2D eigenvalue weighted by Crippen LogP contribution is 2.30. The SMILES string of the molecule is CC(NC(=O)Nc1ccon1)c1ccc(OC2CCN(c3ccc(OCC4CC4)cc3)C2)cc1. The summed E-state index contributed by atoms with van der Waals surface area (Å²) in [6.07, 6.45) is 5.12. The fourth-order valence-electron chi connectivity index (χ4n) is 4.05. The average molecular weight is 463 g/mol. The first kappa shape index (κ1) is 22.1. The topological polar surface area (TPSA) is 88.9 Å². The van der Waals surface area contributed by atoms with Crippen molar-refractivity contribution in [3.05, 3.63) is 66.4 Å². The summed E-state index contributed by atoms with van der Waals surface area (Å²) in [6, 6.07) is 17.3. The molecule has 2 N–H and O–H groups in total. The minimum Gasteiger partial charge on any atom is -0.493 e. The molecule has 1 aromatic heterocycles. The molecule has 8 heteroatoms. The zero-order valence-corrected chi connectivity index (χ0v) is 19.3. The number of carbonyl (C=O) groups is 1. The van der Waals surface area contributed by atoms with E-state index in [1.54, 1.807) is 6.07 Å². The maximum absolute atomic E-state index is 12.1. The van der Waals surface area contributed by atoms with Gasteiger partial charge in [-0.05, 0) is 67.6 Å². The van der Waals surface area contributed by atoms with Crippen molar-refractivity contribution < 1.29 is 18.8 Å². The molecule has 2 atom stereocenters. The first-order chi connectivity index (χ1) is 16.6. The molecule has 3 aromatic rings. The van der Waals surface area contributed by atoms with Gasteiger partial charge < -0.3 is 24.2 Å². The summed E-state index contributed by atoms with van der Waals surface area (Å²) in [5.41, 5.74) is 2.18. The maximum atomic E-state index is 12.1. The van der Waals surface area contributed by atoms with Gasteiger partial charge in [0.05, 0.1) is 19.2 Å². The predicted octanol–water partition coefficient (Wildman–Crippen LogP) is 5.00. The Labute approximate surface area is 199 Å². The third-order valence-corrected chi connectivity index (χ3v) is 6.24. The van der Waals surface area contributed by atoms with Gasteiger partial charge in [0, 0.05) is 24.7 Å². The van der Waals surface area contributed by atoms with E-state index in [-0.39, 0.29) is 18.2 Å². The largest absolute Gasteiger partial charge is 0.493 e. The third kappa shape index (κ3) is 5.81. The summed E-state index contributed by atoms with van der Waals surface area (Å²) in [5, 5.41) is 9.18. The first-order valence-electron chi connectivity index (χ1n) is 11.8. The van der Waals surface area contributed by atoms with Gasteiger partial charge in [0.2, 0.25) is 0 Å². The van der Waals surface area contributed by atoms with E-state index in [0.29, 0.717) is 5.82 Å². The Bertz CT molecular complexity index is 1070. The summed E-state index contributed by atoms with van der Waals surface area (Å²) in [7, 11) is 0. The molecule has 1 aliphatic heterocycles. The second-order valence-electron chi connectivity index (χ2n) is 9.00. The van der Waals surface area contributed by atoms with Gasteiger partial charge in [0.15, 0.2) is 5.82 Å². The number of benzene rings is 2. The van der Waals surface area contributed by atoms with Crippen LogP contribution >= 0.6 is 0 Å². The lowest BCUT2D eigenvalue weighted by atomic mass is 10.1. The summed E-state index contributed by atoms with van der Waals surface area (Å²) < 4.78 is 16.8. The summed E-state index contributed by atoms with van der Waals surface area (Å²) in [6.45, 7) is 4.58. The fraction of sp³-hybridized carbons (Fsp3) is 0.385. The highest BCUT2D eigenvalue weighted by molar-refractivity contribution is 5.88. The number of rotatable bonds is 9. The molecule has 178 valence electrons. The molecule has 1 aliphatic carbocycles. The van der Waals surface area contributed by atoms with Gasteiger partial charge in [-0.1, -0.05) is 17.3 Å². The second-order valence-corrected chi connectivity index (χ2v) is 9.00. The number of ether oxygens (including phenoxy) is 2. The normalized spacial score (nSPS) is 18.4. The molecule has 0 radical (unpaired) electrons. The van der Waals surface area contributed by atoms with Crippen LogP contribution in [0.15, 0.2) is 65.4 Å². The van der Waals surface area contributed by atoms with Crippen LogP contribution in [0.4, 0.5) is 16.3 Å². The molecular formula is C26H30N4O4. The Morgan fingerprint density at radius 1 is 1.09 bits per heavy atom. The van der Waals surface area contributed by atoms with Crippen molar-refractivity contribution in [2.45, 2.75) is 38.3 Å². The van der Waals surface area contributed by atoms with Gasteiger partial charge in [0.1, 0.15) is 23.9 Å². The van der Waals surface area contributed by atoms with Gasteiger partial charge in [-0.25, -0.2) is 4.79 Å². The van der Waals surface area contributed by atoms with E-state index in [4.69, 9.17) is 14.0 Å². The number of nitrogens with zero attached hydrogens (tertiary/aromatic N) is 2. The lowest BCUT2D eigenvalue weighted by Crippen LogP contribution is -2.31. The molecule has 0 spiro atoms. The van der Waals surface area contributed by atoms with Gasteiger partial charge in [0.25, 0.3) is 0 Å². The molecule has 0 bridgehead atoms. The quantitative estimate of drug-likeness (QED) is 0.465. The van der Waals surface area contributed by atoms with Crippen molar-refractivity contribution in [2.24, 2.45) is 5.92 Å². The molecule has 8 nitrogen and oxygen atoms in total. The van der Waals surface area contributed by atoms with Crippen molar-refractivity contribution in [3.8, 4) is 11.5 Å². The minimum atomic E-state index is -0.338. The lowest BCUT2D eigenvalue weighted by molar-refractivity contribution is 0.225. The molecule has 1 saturated carbocycles. The summed E-state index contributed by atoms with van der Waals surface area (Å²) in [4.78, 5) is 14.4. The molecule has 2 aliphatic rings. The van der Waals surface area contributed by atoms with Crippen LogP contribution in [-0.2, 0) is 0 Å². The molecule has 2 amide bonds. The summed E-state index contributed by atoms with van der Waals surface area (Å²) >= 11 is 0. The van der Waals surface area contributed by atoms with Crippen LogP contribution in [0.3, 0.4) is 0 Å². The van der Waals surface area contributed by atoms with Gasteiger partial charge in [-0.15, -0.1) is 0 Å². The minimum absolute atomic E-state index is 0.139. The molecule has 5 rings (SSSR count). The molecule has 2 unspecified atom stereocenters. The van der Waals surface area contributed by atoms with E-state index in [0.717, 1.165) is 49.1 Å². The Balaban J connectivity index is 1.08. The number of carbonyl (C=O) groups excluding carboxylic acids is 1. The van der Waals surface area contributed by atoms with Crippen molar-refractivity contribution >= 4 is 17.5 Å². The van der Waals surface area contributed by atoms with Crippen molar-refractivity contribution in [1.82, 2.24) is 10.5 Å². The first-order valence-corrected chi connectivity index (χ1v) is 11.8. The number of nitrogens with one attached hydrogen (secondary N) is 2. The number of hydrogen-bond donors (Lipinski definition) is 2. The monoisotopic (exact) mass is 462 g/mol. The van der Waals surface area contributed by atoms with Crippen LogP contribution < -0.4 is 25.0 Å². The van der Waals surface area contributed by atoms with E-state index in [1.807, 2.05) is 31.2 Å². The standard InChI is InChI=1S/C26H30N4O4/c1-18(27-26(31)28-25-13-15-33-29-25)20-4-8-23(9-5-20)34-24-12-14-30(16-24)21-6-10-22(11-7-21)32-17-19-2-3-19/h4-11,13,15,18-19,24H,2-3,12,14,16-17H2,1H3,(H2,27,28,29,31). The second kappa shape index (κ2) is 10.1. The van der Waals surface area contributed by atoms with Crippen molar-refractivity contribution in [2.75, 3.05) is 29.9 Å². The molecule has 1 saturated heterocycles. The number of hydrogen-bond acceptors (Lipinski definition) is 6. The van der Waals surface area contributed by atoms with E-state index in [9.17, 15) is 4.79 Å². The number of urea groups is 1. The van der Waals surface area contributed by atoms with E-state index in [2.05, 4.69) is 45.0 Å². The van der Waals surface area contributed by atoms with Gasteiger partial charge >= 0.3 is 6.03 Å². The zero-order valence-electron chi connectivity index (χ0n) is 19.3. The van der Waals surface area contributed by atoms with E-state index in [1.165, 1.54) is 24.8 Å². The van der Waals surface area contributed by atoms with Crippen LogP contribution in [0.5, 0.6) is 11.5 Å². The molecule has 2 fully saturated rings. The summed E-state index contributed by atoms with van der Waals surface area (Å²) in [5.74, 6) is 2.91. The number of amides is 2. The van der Waals surface area contributed by atoms with Crippen molar-refractivity contribution in [1.29, 1.82) is 0 Å². The molecule has 2 aromatic carbocycles. The smallest absolute Gasteiger partial charge is 0.320 e. The molecule has 2 heterocycles. The Morgan fingerprint density at radius 2 is 1.85 bits per heavy atom. The Hall–Kier alpha value is -3.68. The highest BCUT2D eigenvalue weighted by Gasteiger charge is 2.25. The molecular weight excluding hydrogens is 432 g/mol. The van der Waals surface area contributed by atoms with Crippen LogP contribution in [-0.4, -0.2) is 37.0 Å². The van der Waals surface area contributed by atoms with E-state index >= 15 is 0 Å².